The normalized spacial score (nSPS) is 14.7. The number of amides is 1. The molecule has 1 N–H and O–H groups in total. The number of rotatable bonds is 7. The molecule has 1 saturated carbocycles. The van der Waals surface area contributed by atoms with E-state index in [1.807, 2.05) is 6.07 Å². The zero-order valence-electron chi connectivity index (χ0n) is 20.2. The van der Waals surface area contributed by atoms with Gasteiger partial charge in [0.2, 0.25) is 11.6 Å². The molecule has 37 heavy (non-hydrogen) atoms. The molecule has 1 amide bonds. The first-order chi connectivity index (χ1) is 18.0. The summed E-state index contributed by atoms with van der Waals surface area (Å²) in [5.41, 5.74) is -0.411. The molecule has 1 fully saturated rings. The molecule has 0 bridgehead atoms. The molecule has 0 radical (unpaired) electrons. The summed E-state index contributed by atoms with van der Waals surface area (Å²) < 4.78 is 5.57. The lowest BCUT2D eigenvalue weighted by Crippen LogP contribution is -2.45. The highest BCUT2D eigenvalue weighted by molar-refractivity contribution is 5.97. The van der Waals surface area contributed by atoms with Crippen LogP contribution in [0.5, 0.6) is 0 Å². The van der Waals surface area contributed by atoms with Crippen molar-refractivity contribution < 1.29 is 14.1 Å². The number of nitrogens with zero attached hydrogens (tertiary/aromatic N) is 2. The van der Waals surface area contributed by atoms with Crippen LogP contribution < -0.4 is 15.8 Å². The average molecular weight is 498 g/mol. The minimum absolute atomic E-state index is 0.00749. The van der Waals surface area contributed by atoms with E-state index in [1.54, 1.807) is 72.8 Å². The first kappa shape index (κ1) is 24.2. The van der Waals surface area contributed by atoms with Crippen molar-refractivity contribution in [2.24, 2.45) is 0 Å². The molecule has 1 atom stereocenters. The zero-order valence-corrected chi connectivity index (χ0v) is 20.2. The maximum absolute atomic E-state index is 14.0. The van der Waals surface area contributed by atoms with Crippen molar-refractivity contribution in [3.05, 3.63) is 111 Å². The highest BCUT2D eigenvalue weighted by atomic mass is 16.6. The number of carbonyl (C=O) groups excluding carboxylic acids is 1. The summed E-state index contributed by atoms with van der Waals surface area (Å²) in [7, 11) is 0. The number of benzene rings is 3. The number of hydrogen-bond donors (Lipinski definition) is 1. The van der Waals surface area contributed by atoms with Crippen molar-refractivity contribution in [3.8, 4) is 0 Å². The molecular weight excluding hydrogens is 470 g/mol. The van der Waals surface area contributed by atoms with E-state index in [-0.39, 0.29) is 28.6 Å². The van der Waals surface area contributed by atoms with Crippen LogP contribution in [-0.4, -0.2) is 16.9 Å². The number of hydrogen-bond acceptors (Lipinski definition) is 6. The second-order valence-corrected chi connectivity index (χ2v) is 9.20. The van der Waals surface area contributed by atoms with Crippen LogP contribution >= 0.6 is 0 Å². The summed E-state index contributed by atoms with van der Waals surface area (Å²) in [5.74, 6) is -0.330. The van der Waals surface area contributed by atoms with Crippen LogP contribution in [0.1, 0.15) is 43.7 Å². The molecule has 1 aromatic heterocycles. The highest BCUT2D eigenvalue weighted by Gasteiger charge is 2.38. The molecule has 0 saturated heterocycles. The molecule has 1 aliphatic carbocycles. The second kappa shape index (κ2) is 10.7. The van der Waals surface area contributed by atoms with Crippen LogP contribution in [-0.2, 0) is 4.79 Å². The Hall–Kier alpha value is -4.46. The van der Waals surface area contributed by atoms with Crippen LogP contribution in [0.15, 0.2) is 94.1 Å². The Bertz CT molecular complexity index is 1460. The first-order valence-electron chi connectivity index (χ1n) is 12.4. The van der Waals surface area contributed by atoms with Gasteiger partial charge >= 0.3 is 11.3 Å². The van der Waals surface area contributed by atoms with Crippen molar-refractivity contribution >= 4 is 33.9 Å². The highest BCUT2D eigenvalue weighted by Crippen LogP contribution is 2.41. The smallest absolute Gasteiger partial charge is 0.367 e. The van der Waals surface area contributed by atoms with Gasteiger partial charge in [-0.1, -0.05) is 79.9 Å². The largest absolute Gasteiger partial charge is 0.421 e. The number of para-hydroxylation sites is 2. The Morgan fingerprint density at radius 2 is 1.54 bits per heavy atom. The average Bonchev–Trinajstić information content (AvgIpc) is 2.92. The molecule has 0 spiro atoms. The molecular formula is C29H27N3O5. The molecule has 1 aliphatic rings. The third-order valence-corrected chi connectivity index (χ3v) is 6.79. The van der Waals surface area contributed by atoms with Gasteiger partial charge < -0.3 is 14.6 Å². The van der Waals surface area contributed by atoms with Gasteiger partial charge in [0.25, 0.3) is 0 Å². The lowest BCUT2D eigenvalue weighted by Gasteiger charge is -2.34. The zero-order chi connectivity index (χ0) is 25.8. The minimum Gasteiger partial charge on any atom is -0.421 e. The minimum atomic E-state index is -1.05. The van der Waals surface area contributed by atoms with Gasteiger partial charge in [0.1, 0.15) is 11.6 Å². The fraction of sp³-hybridized carbons (Fsp3) is 0.241. The van der Waals surface area contributed by atoms with Crippen molar-refractivity contribution in [1.29, 1.82) is 0 Å². The summed E-state index contributed by atoms with van der Waals surface area (Å²) in [6.45, 7) is 0. The van der Waals surface area contributed by atoms with Gasteiger partial charge in [-0.15, -0.1) is 0 Å². The third kappa shape index (κ3) is 4.95. The lowest BCUT2D eigenvalue weighted by atomic mass is 9.94. The summed E-state index contributed by atoms with van der Waals surface area (Å²) >= 11 is 0. The molecule has 3 aromatic carbocycles. The fourth-order valence-corrected chi connectivity index (χ4v) is 5.10. The molecule has 1 heterocycles. The van der Waals surface area contributed by atoms with Crippen molar-refractivity contribution in [1.82, 2.24) is 5.32 Å². The third-order valence-electron chi connectivity index (χ3n) is 6.79. The Balaban J connectivity index is 1.76. The Kier molecular flexibility index (Phi) is 6.98. The predicted octanol–water partition coefficient (Wildman–Crippen LogP) is 6.03. The van der Waals surface area contributed by atoms with Gasteiger partial charge in [-0.3, -0.25) is 14.9 Å². The van der Waals surface area contributed by atoms with Gasteiger partial charge in [-0.05, 0) is 42.7 Å². The SMILES string of the molecule is O=C(NC1CCCCC1)C(c1ccccc1)N(c1ccccc1)c1c([N+](=O)[O-])c2ccccc2oc1=O. The van der Waals surface area contributed by atoms with Crippen LogP contribution in [0.4, 0.5) is 17.1 Å². The Morgan fingerprint density at radius 1 is 0.919 bits per heavy atom. The van der Waals surface area contributed by atoms with Gasteiger partial charge in [-0.25, -0.2) is 4.79 Å². The maximum Gasteiger partial charge on any atom is 0.367 e. The lowest BCUT2D eigenvalue weighted by molar-refractivity contribution is -0.382. The second-order valence-electron chi connectivity index (χ2n) is 9.20. The van der Waals surface area contributed by atoms with Crippen molar-refractivity contribution in [2.75, 3.05) is 4.90 Å². The van der Waals surface area contributed by atoms with Crippen LogP contribution in [0.2, 0.25) is 0 Å². The Labute approximate surface area is 213 Å². The van der Waals surface area contributed by atoms with E-state index < -0.39 is 22.3 Å². The molecule has 0 aliphatic heterocycles. The van der Waals surface area contributed by atoms with E-state index in [0.717, 1.165) is 32.1 Å². The van der Waals surface area contributed by atoms with Gasteiger partial charge in [0.15, 0.2) is 0 Å². The monoisotopic (exact) mass is 497 g/mol. The fourth-order valence-electron chi connectivity index (χ4n) is 5.10. The molecule has 8 nitrogen and oxygen atoms in total. The number of nitro groups is 1. The van der Waals surface area contributed by atoms with Gasteiger partial charge in [0.05, 0.1) is 10.3 Å². The summed E-state index contributed by atoms with van der Waals surface area (Å²) in [4.78, 5) is 40.8. The van der Waals surface area contributed by atoms with Crippen LogP contribution in [0, 0.1) is 10.1 Å². The van der Waals surface area contributed by atoms with E-state index in [4.69, 9.17) is 4.42 Å². The van der Waals surface area contributed by atoms with Gasteiger partial charge in [-0.2, -0.15) is 0 Å². The molecule has 188 valence electrons. The number of anilines is 2. The predicted molar refractivity (Wildman–Crippen MR) is 142 cm³/mol. The summed E-state index contributed by atoms with van der Waals surface area (Å²) in [6, 6.07) is 23.1. The van der Waals surface area contributed by atoms with E-state index in [0.29, 0.717) is 11.3 Å². The molecule has 5 rings (SSSR count). The topological polar surface area (TPSA) is 106 Å². The number of fused-ring (bicyclic) bond motifs is 1. The van der Waals surface area contributed by atoms with E-state index in [2.05, 4.69) is 5.32 Å². The molecule has 4 aromatic rings. The number of nitrogens with one attached hydrogen (secondary N) is 1. The molecule has 8 heteroatoms. The number of carbonyl (C=O) groups is 1. The maximum atomic E-state index is 14.0. The van der Waals surface area contributed by atoms with E-state index in [1.165, 1.54) is 11.0 Å². The van der Waals surface area contributed by atoms with Crippen molar-refractivity contribution in [3.63, 3.8) is 0 Å². The van der Waals surface area contributed by atoms with E-state index in [9.17, 15) is 19.7 Å². The summed E-state index contributed by atoms with van der Waals surface area (Å²) in [6.07, 6.45) is 4.94. The summed E-state index contributed by atoms with van der Waals surface area (Å²) in [5, 5.41) is 15.8. The molecule has 1 unspecified atom stereocenters. The van der Waals surface area contributed by atoms with E-state index >= 15 is 0 Å². The van der Waals surface area contributed by atoms with Crippen molar-refractivity contribution in [2.45, 2.75) is 44.2 Å². The quantitative estimate of drug-likeness (QED) is 0.190. The van der Waals surface area contributed by atoms with Gasteiger partial charge in [0, 0.05) is 11.7 Å². The van der Waals surface area contributed by atoms with Crippen LogP contribution in [0.3, 0.4) is 0 Å². The first-order valence-corrected chi connectivity index (χ1v) is 12.4. The van der Waals surface area contributed by atoms with Crippen LogP contribution in [0.25, 0.3) is 11.0 Å². The Morgan fingerprint density at radius 3 is 2.22 bits per heavy atom. The standard InChI is InChI=1S/C29H27N3O5/c33-28(30-21-14-6-2-7-15-21)25(20-12-4-1-5-13-20)31(22-16-8-3-9-17-22)27-26(32(35)36)23-18-10-11-19-24(23)37-29(27)34/h1,3-5,8-13,16-19,21,25H,2,6-7,14-15H2,(H,30,33).